The SMILES string of the molecule is NC(=O)C1CCN(C2NC(=O)C3C(NC(=O)CC3C(=O)Nc3ccc(Cl)c(Cl)c3)N2)CC1. The van der Waals surface area contributed by atoms with E-state index in [0.29, 0.717) is 36.6 Å². The number of hydrogen-bond donors (Lipinski definition) is 5. The molecule has 3 aliphatic heterocycles. The summed E-state index contributed by atoms with van der Waals surface area (Å²) in [5.74, 6) is -3.25. The minimum atomic E-state index is -0.864. The molecular formula is C20H24Cl2N6O4. The van der Waals surface area contributed by atoms with E-state index in [-0.39, 0.29) is 35.1 Å². The van der Waals surface area contributed by atoms with Gasteiger partial charge < -0.3 is 21.7 Å². The van der Waals surface area contributed by atoms with Crippen LogP contribution < -0.4 is 27.0 Å². The number of fused-ring (bicyclic) bond motifs is 1. The molecule has 172 valence electrons. The summed E-state index contributed by atoms with van der Waals surface area (Å²) in [5.41, 5.74) is 5.81. The first-order valence-electron chi connectivity index (χ1n) is 10.4. The Labute approximate surface area is 194 Å². The predicted molar refractivity (Wildman–Crippen MR) is 117 cm³/mol. The molecule has 1 aromatic rings. The second-order valence-corrected chi connectivity index (χ2v) is 9.10. The largest absolute Gasteiger partial charge is 0.369 e. The van der Waals surface area contributed by atoms with Gasteiger partial charge >= 0.3 is 0 Å². The number of piperidine rings is 2. The topological polar surface area (TPSA) is 146 Å². The molecule has 0 bridgehead atoms. The van der Waals surface area contributed by atoms with Gasteiger partial charge in [0.2, 0.25) is 23.6 Å². The van der Waals surface area contributed by atoms with Gasteiger partial charge in [0, 0.05) is 31.1 Å². The third-order valence-corrected chi connectivity index (χ3v) is 6.99. The lowest BCUT2D eigenvalue weighted by atomic mass is 9.81. The van der Waals surface area contributed by atoms with E-state index in [1.165, 1.54) is 6.07 Å². The Balaban J connectivity index is 1.44. The summed E-state index contributed by atoms with van der Waals surface area (Å²) in [6.07, 6.45) is -0.141. The predicted octanol–water partition coefficient (Wildman–Crippen LogP) is 0.211. The van der Waals surface area contributed by atoms with Gasteiger partial charge in [-0.2, -0.15) is 0 Å². The van der Waals surface area contributed by atoms with Crippen LogP contribution in [-0.2, 0) is 19.2 Å². The zero-order chi connectivity index (χ0) is 23.0. The highest BCUT2D eigenvalue weighted by Crippen LogP contribution is 2.30. The van der Waals surface area contributed by atoms with Crippen LogP contribution in [-0.4, -0.2) is 54.1 Å². The molecule has 0 saturated carbocycles. The fourth-order valence-corrected chi connectivity index (χ4v) is 4.80. The second-order valence-electron chi connectivity index (χ2n) is 8.29. The average molecular weight is 483 g/mol. The van der Waals surface area contributed by atoms with Crippen molar-refractivity contribution in [2.24, 2.45) is 23.5 Å². The highest BCUT2D eigenvalue weighted by Gasteiger charge is 2.49. The number of rotatable bonds is 4. The molecule has 4 atom stereocenters. The third-order valence-electron chi connectivity index (χ3n) is 6.25. The number of likely N-dealkylation sites (tertiary alicyclic amines) is 1. The molecule has 12 heteroatoms. The molecular weight excluding hydrogens is 459 g/mol. The normalized spacial score (nSPS) is 28.9. The number of anilines is 1. The number of amides is 4. The molecule has 0 aromatic heterocycles. The monoisotopic (exact) mass is 482 g/mol. The van der Waals surface area contributed by atoms with Crippen LogP contribution in [0, 0.1) is 17.8 Å². The fourth-order valence-electron chi connectivity index (χ4n) is 4.51. The van der Waals surface area contributed by atoms with Gasteiger partial charge in [-0.25, -0.2) is 0 Å². The molecule has 3 aliphatic rings. The number of nitrogens with one attached hydrogen (secondary N) is 4. The second kappa shape index (κ2) is 9.22. The van der Waals surface area contributed by atoms with Crippen molar-refractivity contribution in [3.8, 4) is 0 Å². The zero-order valence-corrected chi connectivity index (χ0v) is 18.6. The summed E-state index contributed by atoms with van der Waals surface area (Å²) < 4.78 is 0. The highest BCUT2D eigenvalue weighted by atomic mass is 35.5. The number of benzene rings is 1. The Morgan fingerprint density at radius 2 is 1.81 bits per heavy atom. The highest BCUT2D eigenvalue weighted by molar-refractivity contribution is 6.42. The maximum absolute atomic E-state index is 13.0. The van der Waals surface area contributed by atoms with Gasteiger partial charge in [0.05, 0.1) is 28.0 Å². The van der Waals surface area contributed by atoms with Crippen molar-refractivity contribution in [3.05, 3.63) is 28.2 Å². The Morgan fingerprint density at radius 1 is 1.09 bits per heavy atom. The molecule has 0 radical (unpaired) electrons. The van der Waals surface area contributed by atoms with Crippen LogP contribution in [0.1, 0.15) is 19.3 Å². The van der Waals surface area contributed by atoms with Gasteiger partial charge in [-0.1, -0.05) is 23.2 Å². The Hall–Kier alpha value is -2.40. The molecule has 4 rings (SSSR count). The molecule has 4 amide bonds. The number of hydrogen-bond acceptors (Lipinski definition) is 6. The number of carbonyl (C=O) groups is 4. The molecule has 0 aliphatic carbocycles. The summed E-state index contributed by atoms with van der Waals surface area (Å²) in [6, 6.07) is 4.65. The van der Waals surface area contributed by atoms with Crippen LogP contribution in [0.5, 0.6) is 0 Å². The van der Waals surface area contributed by atoms with Crippen molar-refractivity contribution in [1.82, 2.24) is 20.9 Å². The van der Waals surface area contributed by atoms with E-state index in [0.717, 1.165) is 0 Å². The van der Waals surface area contributed by atoms with E-state index < -0.39 is 30.2 Å². The summed E-state index contributed by atoms with van der Waals surface area (Å²) in [4.78, 5) is 51.7. The molecule has 3 fully saturated rings. The molecule has 1 aromatic carbocycles. The molecule has 10 nitrogen and oxygen atoms in total. The first kappa shape index (κ1) is 22.8. The molecule has 32 heavy (non-hydrogen) atoms. The van der Waals surface area contributed by atoms with Crippen LogP contribution in [0.2, 0.25) is 10.0 Å². The quantitative estimate of drug-likeness (QED) is 0.414. The van der Waals surface area contributed by atoms with E-state index >= 15 is 0 Å². The number of carbonyl (C=O) groups excluding carboxylic acids is 4. The molecule has 0 spiro atoms. The van der Waals surface area contributed by atoms with Gasteiger partial charge in [0.25, 0.3) is 0 Å². The molecule has 6 N–H and O–H groups in total. The lowest BCUT2D eigenvalue weighted by Crippen LogP contribution is -2.74. The molecule has 4 unspecified atom stereocenters. The minimum absolute atomic E-state index is 0.113. The van der Waals surface area contributed by atoms with Gasteiger partial charge in [-0.15, -0.1) is 0 Å². The summed E-state index contributed by atoms with van der Waals surface area (Å²) in [6.45, 7) is 1.14. The van der Waals surface area contributed by atoms with Gasteiger partial charge in [0.15, 0.2) is 0 Å². The van der Waals surface area contributed by atoms with E-state index in [2.05, 4.69) is 21.3 Å². The first-order chi connectivity index (χ1) is 15.2. The number of nitrogens with zero attached hydrogens (tertiary/aromatic N) is 1. The Kier molecular flexibility index (Phi) is 6.57. The van der Waals surface area contributed by atoms with Crippen LogP contribution >= 0.6 is 23.2 Å². The van der Waals surface area contributed by atoms with Crippen LogP contribution in [0.15, 0.2) is 18.2 Å². The van der Waals surface area contributed by atoms with Crippen molar-refractivity contribution >= 4 is 52.5 Å². The number of primary amides is 1. The summed E-state index contributed by atoms with van der Waals surface area (Å²) in [7, 11) is 0. The third kappa shape index (κ3) is 4.68. The number of nitrogens with two attached hydrogens (primary N) is 1. The van der Waals surface area contributed by atoms with E-state index in [1.54, 1.807) is 12.1 Å². The molecule has 3 saturated heterocycles. The van der Waals surface area contributed by atoms with E-state index in [4.69, 9.17) is 28.9 Å². The average Bonchev–Trinajstić information content (AvgIpc) is 2.75. The smallest absolute Gasteiger partial charge is 0.229 e. The number of halogens is 2. The van der Waals surface area contributed by atoms with Gasteiger partial charge in [-0.05, 0) is 31.0 Å². The van der Waals surface area contributed by atoms with Crippen LogP contribution in [0.3, 0.4) is 0 Å². The zero-order valence-electron chi connectivity index (χ0n) is 17.1. The Morgan fingerprint density at radius 3 is 2.47 bits per heavy atom. The maximum Gasteiger partial charge on any atom is 0.229 e. The van der Waals surface area contributed by atoms with E-state index in [1.807, 2.05) is 4.90 Å². The van der Waals surface area contributed by atoms with Crippen molar-refractivity contribution in [2.45, 2.75) is 31.7 Å². The fraction of sp³-hybridized carbons (Fsp3) is 0.500. The van der Waals surface area contributed by atoms with Gasteiger partial charge in [-0.3, -0.25) is 29.4 Å². The first-order valence-corrected chi connectivity index (χ1v) is 11.1. The minimum Gasteiger partial charge on any atom is -0.369 e. The summed E-state index contributed by atoms with van der Waals surface area (Å²) >= 11 is 11.9. The lowest BCUT2D eigenvalue weighted by molar-refractivity contribution is -0.148. The Bertz CT molecular complexity index is 952. The van der Waals surface area contributed by atoms with Crippen molar-refractivity contribution in [3.63, 3.8) is 0 Å². The van der Waals surface area contributed by atoms with Crippen molar-refractivity contribution in [2.75, 3.05) is 18.4 Å². The lowest BCUT2D eigenvalue weighted by Gasteiger charge is -2.47. The standard InChI is InChI=1S/C20H24Cl2N6O4/c21-12-2-1-10(7-13(12)22)24-18(31)11-8-14(29)25-17-15(11)19(32)27-20(26-17)28-5-3-9(4-6-28)16(23)30/h1-2,7,9,11,15,17,20,26H,3-6,8H2,(H2,23,30)(H,24,31)(H,25,29)(H,27,32). The van der Waals surface area contributed by atoms with Crippen LogP contribution in [0.25, 0.3) is 0 Å². The van der Waals surface area contributed by atoms with Gasteiger partial charge in [0.1, 0.15) is 6.29 Å². The van der Waals surface area contributed by atoms with Crippen LogP contribution in [0.4, 0.5) is 5.69 Å². The molecule has 3 heterocycles. The summed E-state index contributed by atoms with van der Waals surface area (Å²) in [5, 5.41) is 12.3. The van der Waals surface area contributed by atoms with Crippen molar-refractivity contribution < 1.29 is 19.2 Å². The van der Waals surface area contributed by atoms with Crippen molar-refractivity contribution in [1.29, 1.82) is 0 Å². The maximum atomic E-state index is 13.0. The van der Waals surface area contributed by atoms with E-state index in [9.17, 15) is 19.2 Å².